The van der Waals surface area contributed by atoms with Gasteiger partial charge in [0.05, 0.1) is 42.2 Å². The van der Waals surface area contributed by atoms with Crippen molar-refractivity contribution in [1.82, 2.24) is 31.4 Å². The number of benzene rings is 2. The summed E-state index contributed by atoms with van der Waals surface area (Å²) < 4.78 is 36.4. The highest BCUT2D eigenvalue weighted by atomic mass is 19.1. The van der Waals surface area contributed by atoms with Gasteiger partial charge in [-0.2, -0.15) is 0 Å². The lowest BCUT2D eigenvalue weighted by molar-refractivity contribution is 0.100. The second kappa shape index (κ2) is 9.74. The Balaban J connectivity index is 1.01. The number of para-hydroxylation sites is 1. The van der Waals surface area contributed by atoms with Gasteiger partial charge in [0, 0.05) is 56.0 Å². The van der Waals surface area contributed by atoms with Crippen LogP contribution in [-0.4, -0.2) is 71.5 Å². The summed E-state index contributed by atoms with van der Waals surface area (Å²) in [6.07, 6.45) is 5.05. The monoisotopic (exact) mass is 563 g/mol. The predicted octanol–water partition coefficient (Wildman–Crippen LogP) is 2.64. The molecular formula is C27H27F2N9O3. The number of hydrazine groups is 3. The van der Waals surface area contributed by atoms with E-state index in [1.807, 2.05) is 30.3 Å². The van der Waals surface area contributed by atoms with Crippen molar-refractivity contribution in [3.05, 3.63) is 72.7 Å². The number of halogens is 2. The maximum Gasteiger partial charge on any atom is 0.415 e. The summed E-state index contributed by atoms with van der Waals surface area (Å²) in [5.74, 6) is -1.59. The van der Waals surface area contributed by atoms with E-state index in [0.717, 1.165) is 23.0 Å². The topological polar surface area (TPSA) is 117 Å². The summed E-state index contributed by atoms with van der Waals surface area (Å²) >= 11 is 0. The lowest BCUT2D eigenvalue weighted by Crippen LogP contribution is -2.46. The van der Waals surface area contributed by atoms with Gasteiger partial charge in [-0.05, 0) is 12.1 Å². The fourth-order valence-electron chi connectivity index (χ4n) is 5.61. The fraction of sp³-hybridized carbons (Fsp3) is 0.296. The lowest BCUT2D eigenvalue weighted by Gasteiger charge is -2.25. The first-order chi connectivity index (χ1) is 19.9. The maximum atomic E-state index is 15.4. The van der Waals surface area contributed by atoms with Gasteiger partial charge >= 0.3 is 12.1 Å². The normalized spacial score (nSPS) is 23.7. The van der Waals surface area contributed by atoms with Crippen LogP contribution >= 0.6 is 0 Å². The van der Waals surface area contributed by atoms with Crippen molar-refractivity contribution in [2.75, 3.05) is 47.8 Å². The Morgan fingerprint density at radius 3 is 2.76 bits per heavy atom. The van der Waals surface area contributed by atoms with Crippen LogP contribution in [0, 0.1) is 11.6 Å². The van der Waals surface area contributed by atoms with Gasteiger partial charge in [0.1, 0.15) is 5.69 Å². The van der Waals surface area contributed by atoms with Gasteiger partial charge in [-0.25, -0.2) is 23.8 Å². The Morgan fingerprint density at radius 1 is 1.12 bits per heavy atom. The number of aromatic nitrogens is 1. The molecule has 3 aromatic rings. The number of hydrogen-bond acceptors (Lipinski definition) is 9. The van der Waals surface area contributed by atoms with Gasteiger partial charge < -0.3 is 20.4 Å². The average Bonchev–Trinajstić information content (AvgIpc) is 3.28. The van der Waals surface area contributed by atoms with Crippen molar-refractivity contribution < 1.29 is 23.1 Å². The zero-order valence-corrected chi connectivity index (χ0v) is 21.8. The molecule has 12 nitrogen and oxygen atoms in total. The van der Waals surface area contributed by atoms with Crippen molar-refractivity contribution in [2.24, 2.45) is 0 Å². The van der Waals surface area contributed by atoms with Gasteiger partial charge in [0.25, 0.3) is 0 Å². The predicted molar refractivity (Wildman–Crippen MR) is 146 cm³/mol. The van der Waals surface area contributed by atoms with Crippen LogP contribution in [0.5, 0.6) is 0 Å². The van der Waals surface area contributed by atoms with E-state index in [0.29, 0.717) is 12.1 Å². The molecule has 1 aliphatic carbocycles. The van der Waals surface area contributed by atoms with Crippen molar-refractivity contribution >= 4 is 40.1 Å². The molecule has 7 rings (SSSR count). The van der Waals surface area contributed by atoms with E-state index in [2.05, 4.69) is 26.7 Å². The Bertz CT molecular complexity index is 1550. The van der Waals surface area contributed by atoms with Crippen molar-refractivity contribution in [1.29, 1.82) is 0 Å². The molecule has 1 aromatic heterocycles. The summed E-state index contributed by atoms with van der Waals surface area (Å²) in [6.45, 7) is 1.08. The van der Waals surface area contributed by atoms with Crippen molar-refractivity contribution in [2.45, 2.75) is 18.1 Å². The van der Waals surface area contributed by atoms with E-state index < -0.39 is 29.4 Å². The molecule has 1 saturated carbocycles. The molecule has 0 bridgehead atoms. The highest BCUT2D eigenvalue weighted by Gasteiger charge is 2.66. The molecule has 1 spiro atoms. The highest BCUT2D eigenvalue weighted by molar-refractivity contribution is 5.92. The van der Waals surface area contributed by atoms with Crippen LogP contribution in [-0.2, 0) is 4.74 Å². The Morgan fingerprint density at radius 2 is 1.95 bits per heavy atom. The summed E-state index contributed by atoms with van der Waals surface area (Å²) in [7, 11) is 0. The largest absolute Gasteiger partial charge is 0.438 e. The van der Waals surface area contributed by atoms with Gasteiger partial charge in [0.2, 0.25) is 0 Å². The zero-order chi connectivity index (χ0) is 28.1. The Labute approximate surface area is 233 Å². The Kier molecular flexibility index (Phi) is 6.01. The standard InChI is InChI=1S/C27H27F2N9O3/c28-20-12-19(36-16-27(41-26(36)40)14-23(27)37-8-5-31-34-37)13-21(29)24(20)35-7-6-32-38(10-9-35)25(39)33-18-11-17-3-1-2-4-22(17)30-15-18/h1-5,8,11-13,15,23,31-32,34H,6-7,9-10,14,16H2,(H,33,39). The van der Waals surface area contributed by atoms with E-state index in [9.17, 15) is 9.59 Å². The quantitative estimate of drug-likeness (QED) is 0.380. The maximum absolute atomic E-state index is 15.4. The fourth-order valence-corrected chi connectivity index (χ4v) is 5.61. The van der Waals surface area contributed by atoms with Crippen molar-refractivity contribution in [3.8, 4) is 0 Å². The number of nitrogens with zero attached hydrogens (tertiary/aromatic N) is 5. The number of hydrogen-bond donors (Lipinski definition) is 4. The van der Waals surface area contributed by atoms with E-state index in [1.165, 1.54) is 9.91 Å². The van der Waals surface area contributed by atoms with E-state index in [1.54, 1.807) is 28.5 Å². The van der Waals surface area contributed by atoms with Crippen LogP contribution in [0.3, 0.4) is 0 Å². The molecule has 4 heterocycles. The number of rotatable bonds is 4. The average molecular weight is 564 g/mol. The highest BCUT2D eigenvalue weighted by Crippen LogP contribution is 2.49. The molecule has 2 saturated heterocycles. The minimum Gasteiger partial charge on any atom is -0.438 e. The number of nitrogens with one attached hydrogen (secondary N) is 4. The third kappa shape index (κ3) is 4.60. The van der Waals surface area contributed by atoms with Gasteiger partial charge in [-0.15, -0.1) is 5.53 Å². The molecule has 212 valence electrons. The molecule has 2 aromatic carbocycles. The number of carbonyl (C=O) groups excluding carboxylic acids is 2. The summed E-state index contributed by atoms with van der Waals surface area (Å²) in [4.78, 5) is 32.7. The molecule has 2 atom stereocenters. The van der Waals surface area contributed by atoms with Crippen LogP contribution < -0.4 is 31.5 Å². The first-order valence-electron chi connectivity index (χ1n) is 13.3. The summed E-state index contributed by atoms with van der Waals surface area (Å²) in [5, 5.41) is 6.89. The molecule has 3 amide bonds. The zero-order valence-electron chi connectivity index (χ0n) is 21.8. The first-order valence-corrected chi connectivity index (χ1v) is 13.3. The molecule has 3 aliphatic heterocycles. The number of pyridine rings is 1. The van der Waals surface area contributed by atoms with Crippen LogP contribution in [0.2, 0.25) is 0 Å². The van der Waals surface area contributed by atoms with Gasteiger partial charge in [-0.1, -0.05) is 18.2 Å². The van der Waals surface area contributed by atoms with Crippen LogP contribution in [0.4, 0.5) is 35.4 Å². The van der Waals surface area contributed by atoms with Crippen LogP contribution in [0.25, 0.3) is 10.9 Å². The first kappa shape index (κ1) is 25.3. The number of carbonyl (C=O) groups is 2. The molecule has 14 heteroatoms. The molecular weight excluding hydrogens is 536 g/mol. The van der Waals surface area contributed by atoms with E-state index >= 15 is 8.78 Å². The second-order valence-electron chi connectivity index (χ2n) is 10.4. The molecule has 2 unspecified atom stereocenters. The lowest BCUT2D eigenvalue weighted by atomic mass is 10.2. The third-order valence-electron chi connectivity index (χ3n) is 7.77. The van der Waals surface area contributed by atoms with E-state index in [4.69, 9.17) is 4.74 Å². The Hall–Kier alpha value is -4.69. The number of ether oxygens (including phenoxy) is 1. The SMILES string of the molecule is O=C(Nc1cnc2ccccc2c1)N1CCN(c2c(F)cc(N3CC4(CC4N4C=CNN4)OC3=O)cc2F)CCN1. The molecule has 0 radical (unpaired) electrons. The number of anilines is 3. The molecule has 4 N–H and O–H groups in total. The van der Waals surface area contributed by atoms with Gasteiger partial charge in [-0.3, -0.25) is 19.9 Å². The molecule has 41 heavy (non-hydrogen) atoms. The number of amides is 3. The smallest absolute Gasteiger partial charge is 0.415 e. The second-order valence-corrected chi connectivity index (χ2v) is 10.4. The minimum atomic E-state index is -0.797. The van der Waals surface area contributed by atoms with E-state index in [-0.39, 0.29) is 50.1 Å². The van der Waals surface area contributed by atoms with Gasteiger partial charge in [0.15, 0.2) is 17.2 Å². The summed E-state index contributed by atoms with van der Waals surface area (Å²) in [5.41, 5.74) is 9.28. The van der Waals surface area contributed by atoms with Crippen LogP contribution in [0.15, 0.2) is 61.1 Å². The van der Waals surface area contributed by atoms with Crippen LogP contribution in [0.1, 0.15) is 6.42 Å². The minimum absolute atomic E-state index is 0.0843. The molecule has 3 fully saturated rings. The number of fused-ring (bicyclic) bond motifs is 1. The molecule has 4 aliphatic rings. The summed E-state index contributed by atoms with van der Waals surface area (Å²) in [6, 6.07) is 11.2. The third-order valence-corrected chi connectivity index (χ3v) is 7.77. The number of urea groups is 1. The van der Waals surface area contributed by atoms with Crippen molar-refractivity contribution in [3.63, 3.8) is 0 Å².